The lowest BCUT2D eigenvalue weighted by molar-refractivity contribution is 0.282. The Labute approximate surface area is 172 Å². The molecule has 0 radical (unpaired) electrons. The van der Waals surface area contributed by atoms with E-state index in [9.17, 15) is 0 Å². The maximum Gasteiger partial charge on any atom is 0.0517 e. The van der Waals surface area contributed by atoms with E-state index in [0.717, 1.165) is 32.7 Å². The summed E-state index contributed by atoms with van der Waals surface area (Å²) in [7, 11) is 0. The topological polar surface area (TPSA) is 28.0 Å². The largest absolute Gasteiger partial charge is 0.300 e. The summed E-state index contributed by atoms with van der Waals surface area (Å²) < 4.78 is 0. The van der Waals surface area contributed by atoms with Crippen LogP contribution in [0.3, 0.4) is 0 Å². The van der Waals surface area contributed by atoms with Gasteiger partial charge in [-0.05, 0) is 46.6 Å². The van der Waals surface area contributed by atoms with E-state index >= 15 is 0 Å². The Morgan fingerprint density at radius 3 is 1.85 bits per heavy atom. The lowest BCUT2D eigenvalue weighted by Crippen LogP contribution is -2.30. The first-order valence-corrected chi connectivity index (χ1v) is 12.0. The zero-order valence-corrected chi connectivity index (χ0v) is 18.2. The van der Waals surface area contributed by atoms with Crippen LogP contribution in [0, 0.1) is 0 Å². The van der Waals surface area contributed by atoms with E-state index in [0.29, 0.717) is 0 Å². The minimum atomic E-state index is 0.861. The van der Waals surface area contributed by atoms with Gasteiger partial charge >= 0.3 is 0 Å². The van der Waals surface area contributed by atoms with Gasteiger partial charge in [-0.3, -0.25) is 14.9 Å². The molecule has 148 valence electrons. The van der Waals surface area contributed by atoms with Gasteiger partial charge in [-0.2, -0.15) is 22.7 Å². The highest BCUT2D eigenvalue weighted by Crippen LogP contribution is 2.07. The van der Waals surface area contributed by atoms with Crippen LogP contribution in [0.15, 0.2) is 43.6 Å². The molecule has 27 heavy (non-hydrogen) atoms. The van der Waals surface area contributed by atoms with Gasteiger partial charge in [0.2, 0.25) is 0 Å². The second-order valence-electron chi connectivity index (χ2n) is 6.79. The third-order valence-electron chi connectivity index (χ3n) is 4.49. The summed E-state index contributed by atoms with van der Waals surface area (Å²) in [6.45, 7) is 7.19. The summed E-state index contributed by atoms with van der Waals surface area (Å²) in [5, 5.41) is 8.46. The van der Waals surface area contributed by atoms with Crippen molar-refractivity contribution in [3.8, 4) is 0 Å². The molecule has 3 nitrogen and oxygen atoms in total. The summed E-state index contributed by atoms with van der Waals surface area (Å²) in [5.74, 6) is 0. The van der Waals surface area contributed by atoms with Crippen molar-refractivity contribution in [2.75, 3.05) is 32.7 Å². The molecule has 2 aromatic heterocycles. The predicted molar refractivity (Wildman–Crippen MR) is 123 cm³/mol. The quantitative estimate of drug-likeness (QED) is 0.264. The van der Waals surface area contributed by atoms with Crippen LogP contribution in [0.25, 0.3) is 0 Å². The van der Waals surface area contributed by atoms with Crippen molar-refractivity contribution in [1.29, 1.82) is 0 Å². The molecule has 0 N–H and O–H groups in total. The van der Waals surface area contributed by atoms with E-state index in [1.54, 1.807) is 22.7 Å². The van der Waals surface area contributed by atoms with Crippen LogP contribution < -0.4 is 0 Å². The van der Waals surface area contributed by atoms with Gasteiger partial charge in [0, 0.05) is 36.6 Å². The van der Waals surface area contributed by atoms with Gasteiger partial charge in [-0.1, -0.05) is 39.0 Å². The van der Waals surface area contributed by atoms with Gasteiger partial charge in [-0.15, -0.1) is 0 Å². The SMILES string of the molecule is CCCCCCCCN(CCN=Cc1ccsc1)CCN=Cc1ccsc1. The van der Waals surface area contributed by atoms with Gasteiger partial charge < -0.3 is 0 Å². The molecule has 0 saturated heterocycles. The standard InChI is InChI=1S/C22H33N3S2/c1-2-3-4-5-6-7-12-25(13-10-23-17-21-8-15-26-19-21)14-11-24-18-22-9-16-27-20-22/h8-9,15-20H,2-7,10-14H2,1H3. The molecule has 2 rings (SSSR count). The summed E-state index contributed by atoms with van der Waals surface area (Å²) in [6.07, 6.45) is 12.1. The van der Waals surface area contributed by atoms with Gasteiger partial charge in [0.25, 0.3) is 0 Å². The highest BCUT2D eigenvalue weighted by Gasteiger charge is 2.03. The molecule has 0 aliphatic heterocycles. The summed E-state index contributed by atoms with van der Waals surface area (Å²) in [5.41, 5.74) is 2.42. The lowest BCUT2D eigenvalue weighted by atomic mass is 10.1. The maximum atomic E-state index is 4.59. The fraction of sp³-hybridized carbons (Fsp3) is 0.545. The Hall–Kier alpha value is -1.30. The van der Waals surface area contributed by atoms with Crippen molar-refractivity contribution < 1.29 is 0 Å². The van der Waals surface area contributed by atoms with Crippen molar-refractivity contribution in [3.05, 3.63) is 44.8 Å². The number of unbranched alkanes of at least 4 members (excludes halogenated alkanes) is 5. The van der Waals surface area contributed by atoms with Gasteiger partial charge in [-0.25, -0.2) is 0 Å². The molecule has 2 aromatic rings. The van der Waals surface area contributed by atoms with E-state index in [1.807, 2.05) is 12.4 Å². The highest BCUT2D eigenvalue weighted by molar-refractivity contribution is 7.08. The van der Waals surface area contributed by atoms with Gasteiger partial charge in [0.15, 0.2) is 0 Å². The normalized spacial score (nSPS) is 12.1. The van der Waals surface area contributed by atoms with E-state index in [-0.39, 0.29) is 0 Å². The van der Waals surface area contributed by atoms with Crippen molar-refractivity contribution in [3.63, 3.8) is 0 Å². The number of hydrogen-bond acceptors (Lipinski definition) is 5. The monoisotopic (exact) mass is 403 g/mol. The molecular weight excluding hydrogens is 370 g/mol. The van der Waals surface area contributed by atoms with Crippen molar-refractivity contribution in [2.45, 2.75) is 45.4 Å². The minimum Gasteiger partial charge on any atom is -0.300 e. The first-order valence-electron chi connectivity index (χ1n) is 10.1. The molecule has 0 spiro atoms. The molecule has 0 amide bonds. The molecule has 5 heteroatoms. The molecule has 0 atom stereocenters. The van der Waals surface area contributed by atoms with Crippen LogP contribution in [0.2, 0.25) is 0 Å². The third-order valence-corrected chi connectivity index (χ3v) is 5.89. The van der Waals surface area contributed by atoms with Gasteiger partial charge in [0.05, 0.1) is 13.1 Å². The van der Waals surface area contributed by atoms with Crippen LogP contribution in [0.4, 0.5) is 0 Å². The molecule has 0 bridgehead atoms. The Morgan fingerprint density at radius 2 is 1.33 bits per heavy atom. The van der Waals surface area contributed by atoms with E-state index in [4.69, 9.17) is 0 Å². The molecule has 0 unspecified atom stereocenters. The fourth-order valence-corrected chi connectivity index (χ4v) is 4.11. The predicted octanol–water partition coefficient (Wildman–Crippen LogP) is 6.01. The zero-order chi connectivity index (χ0) is 19.0. The van der Waals surface area contributed by atoms with Crippen LogP contribution in [0.5, 0.6) is 0 Å². The van der Waals surface area contributed by atoms with Crippen LogP contribution in [-0.4, -0.2) is 50.1 Å². The summed E-state index contributed by atoms with van der Waals surface area (Å²) >= 11 is 3.44. The Kier molecular flexibility index (Phi) is 12.0. The first-order chi connectivity index (χ1) is 13.4. The maximum absolute atomic E-state index is 4.59. The number of thiophene rings is 2. The number of nitrogens with zero attached hydrogens (tertiary/aromatic N) is 3. The number of rotatable bonds is 15. The molecular formula is C22H33N3S2. The number of aliphatic imine (C=N–C) groups is 2. The third kappa shape index (κ3) is 10.6. The molecule has 0 aliphatic rings. The van der Waals surface area contributed by atoms with Crippen molar-refractivity contribution in [2.24, 2.45) is 9.98 Å². The summed E-state index contributed by atoms with van der Waals surface area (Å²) in [6, 6.07) is 4.22. The molecule has 0 saturated carbocycles. The Morgan fingerprint density at radius 1 is 0.778 bits per heavy atom. The van der Waals surface area contributed by atoms with Crippen LogP contribution >= 0.6 is 22.7 Å². The zero-order valence-electron chi connectivity index (χ0n) is 16.6. The van der Waals surface area contributed by atoms with Crippen molar-refractivity contribution in [1.82, 2.24) is 4.90 Å². The van der Waals surface area contributed by atoms with Gasteiger partial charge in [0.1, 0.15) is 0 Å². The minimum absolute atomic E-state index is 0.861. The van der Waals surface area contributed by atoms with E-state index in [2.05, 4.69) is 55.5 Å². The lowest BCUT2D eigenvalue weighted by Gasteiger charge is -2.20. The molecule has 2 heterocycles. The molecule has 0 aliphatic carbocycles. The number of hydrogen-bond donors (Lipinski definition) is 0. The second-order valence-corrected chi connectivity index (χ2v) is 8.35. The highest BCUT2D eigenvalue weighted by atomic mass is 32.1. The van der Waals surface area contributed by atoms with Crippen LogP contribution in [0.1, 0.15) is 56.6 Å². The molecule has 0 aromatic carbocycles. The van der Waals surface area contributed by atoms with E-state index in [1.165, 1.54) is 49.7 Å². The average Bonchev–Trinajstić information content (AvgIpc) is 3.38. The first kappa shape index (κ1) is 22.0. The average molecular weight is 404 g/mol. The van der Waals surface area contributed by atoms with E-state index < -0.39 is 0 Å². The van der Waals surface area contributed by atoms with Crippen molar-refractivity contribution >= 4 is 35.1 Å². The molecule has 0 fully saturated rings. The summed E-state index contributed by atoms with van der Waals surface area (Å²) in [4.78, 5) is 11.7. The second kappa shape index (κ2) is 14.7. The fourth-order valence-electron chi connectivity index (χ4n) is 2.89. The van der Waals surface area contributed by atoms with Crippen LogP contribution in [-0.2, 0) is 0 Å². The Bertz CT molecular complexity index is 570. The Balaban J connectivity index is 1.69. The smallest absolute Gasteiger partial charge is 0.0517 e.